The molecule has 4 fully saturated rings. The second-order valence-electron chi connectivity index (χ2n) is 15.7. The number of amides is 2. The van der Waals surface area contributed by atoms with Gasteiger partial charge in [-0.15, -0.1) is 0 Å². The molecule has 6 rings (SSSR count). The molecule has 6 nitrogen and oxygen atoms in total. The summed E-state index contributed by atoms with van der Waals surface area (Å²) in [4.78, 5) is 43.1. The molecular formula is C33H45N3O3. The zero-order valence-corrected chi connectivity index (χ0v) is 24.9. The molecular weight excluding hydrogens is 486 g/mol. The van der Waals surface area contributed by atoms with Crippen LogP contribution in [0.4, 0.5) is 4.79 Å². The van der Waals surface area contributed by atoms with Gasteiger partial charge in [0, 0.05) is 35.4 Å². The minimum absolute atomic E-state index is 0.0327. The van der Waals surface area contributed by atoms with Gasteiger partial charge < -0.3 is 10.2 Å². The van der Waals surface area contributed by atoms with Crippen molar-refractivity contribution in [2.45, 2.75) is 99.0 Å². The van der Waals surface area contributed by atoms with Crippen LogP contribution in [0.25, 0.3) is 0 Å². The molecule has 1 N–H and O–H groups in total. The molecule has 6 aliphatic rings. The average molecular weight is 532 g/mol. The second kappa shape index (κ2) is 7.86. The maximum atomic E-state index is 14.6. The van der Waals surface area contributed by atoms with Gasteiger partial charge in [-0.1, -0.05) is 60.1 Å². The van der Waals surface area contributed by atoms with Crippen molar-refractivity contribution in [1.29, 1.82) is 5.26 Å². The zero-order valence-electron chi connectivity index (χ0n) is 24.9. The summed E-state index contributed by atoms with van der Waals surface area (Å²) in [7, 11) is 0. The number of Topliss-reactive ketones (excluding diaryl/α,β-unsaturated/α-hetero) is 1. The number of carbonyl (C=O) groups is 3. The van der Waals surface area contributed by atoms with Gasteiger partial charge in [0.05, 0.1) is 5.57 Å². The molecule has 0 bridgehead atoms. The van der Waals surface area contributed by atoms with Gasteiger partial charge in [0.15, 0.2) is 11.6 Å². The van der Waals surface area contributed by atoms with Gasteiger partial charge in [0.25, 0.3) is 0 Å². The van der Waals surface area contributed by atoms with Gasteiger partial charge in [-0.05, 0) is 79.1 Å². The maximum absolute atomic E-state index is 14.6. The average Bonchev–Trinajstić information content (AvgIpc) is 3.29. The van der Waals surface area contributed by atoms with Crippen molar-refractivity contribution in [3.05, 3.63) is 23.3 Å². The summed E-state index contributed by atoms with van der Waals surface area (Å²) in [5.41, 5.74) is -0.450. The Kier molecular flexibility index (Phi) is 5.40. The zero-order chi connectivity index (χ0) is 28.4. The lowest BCUT2D eigenvalue weighted by atomic mass is 9.35. The highest BCUT2D eigenvalue weighted by Crippen LogP contribution is 2.73. The largest absolute Gasteiger partial charge is 0.336 e. The molecule has 0 spiro atoms. The van der Waals surface area contributed by atoms with Crippen molar-refractivity contribution in [1.82, 2.24) is 10.2 Å². The number of urea groups is 1. The van der Waals surface area contributed by atoms with Crippen molar-refractivity contribution in [2.24, 2.45) is 44.8 Å². The first kappa shape index (κ1) is 26.8. The van der Waals surface area contributed by atoms with E-state index in [9.17, 15) is 19.6 Å². The summed E-state index contributed by atoms with van der Waals surface area (Å²) in [6.45, 7) is 16.9. The van der Waals surface area contributed by atoms with E-state index in [1.54, 1.807) is 0 Å². The molecule has 6 heteroatoms. The lowest BCUT2D eigenvalue weighted by molar-refractivity contribution is -0.171. The molecule has 3 saturated carbocycles. The van der Waals surface area contributed by atoms with E-state index in [4.69, 9.17) is 0 Å². The minimum atomic E-state index is -0.657. The summed E-state index contributed by atoms with van der Waals surface area (Å²) in [5, 5.41) is 13.0. The van der Waals surface area contributed by atoms with Crippen LogP contribution >= 0.6 is 0 Å². The Morgan fingerprint density at radius 1 is 0.974 bits per heavy atom. The summed E-state index contributed by atoms with van der Waals surface area (Å²) in [6.07, 6.45) is 10.5. The number of nitrogens with one attached hydrogen (secondary N) is 1. The topological polar surface area (TPSA) is 90.3 Å². The number of allylic oxidation sites excluding steroid dienone is 4. The van der Waals surface area contributed by atoms with E-state index in [1.165, 1.54) is 0 Å². The Morgan fingerprint density at radius 3 is 2.31 bits per heavy atom. The summed E-state index contributed by atoms with van der Waals surface area (Å²) >= 11 is 0. The number of hydrogen-bond donors (Lipinski definition) is 1. The Hall–Kier alpha value is -2.42. The van der Waals surface area contributed by atoms with Gasteiger partial charge in [-0.3, -0.25) is 9.59 Å². The molecule has 0 aromatic heterocycles. The Bertz CT molecular complexity index is 1290. The quantitative estimate of drug-likeness (QED) is 0.450. The number of nitriles is 1. The Labute approximate surface area is 233 Å². The molecule has 0 radical (unpaired) electrons. The van der Waals surface area contributed by atoms with Crippen LogP contribution in [0.1, 0.15) is 93.4 Å². The summed E-state index contributed by atoms with van der Waals surface area (Å²) in [5.74, 6) is 0.141. The SMILES string of the molecule is CC1(C)CC[C@]2(N3CCNC3=O)CC[C@]3(C)[C@H](C(=O)C=C4[C@@]5(C)C=C(C#N)C(=O)C(C)(C)C5CC[C@]43C)C2C1. The first-order chi connectivity index (χ1) is 18.1. The molecule has 0 aromatic rings. The van der Waals surface area contributed by atoms with Crippen molar-refractivity contribution >= 4 is 17.6 Å². The molecule has 39 heavy (non-hydrogen) atoms. The predicted molar refractivity (Wildman–Crippen MR) is 149 cm³/mol. The second-order valence-corrected chi connectivity index (χ2v) is 15.7. The fraction of sp³-hybridized carbons (Fsp3) is 0.758. The van der Waals surface area contributed by atoms with E-state index in [-0.39, 0.29) is 62.7 Å². The molecule has 5 aliphatic carbocycles. The molecule has 2 amide bonds. The third-order valence-corrected chi connectivity index (χ3v) is 13.2. The third-order valence-electron chi connectivity index (χ3n) is 13.2. The van der Waals surface area contributed by atoms with Crippen LogP contribution in [0, 0.1) is 56.2 Å². The van der Waals surface area contributed by atoms with Gasteiger partial charge in [-0.2, -0.15) is 5.26 Å². The summed E-state index contributed by atoms with van der Waals surface area (Å²) in [6, 6.07) is 2.23. The van der Waals surface area contributed by atoms with Crippen LogP contribution in [-0.4, -0.2) is 41.1 Å². The first-order valence-electron chi connectivity index (χ1n) is 15.1. The van der Waals surface area contributed by atoms with Crippen LogP contribution in [0.5, 0.6) is 0 Å². The molecule has 210 valence electrons. The predicted octanol–water partition coefficient (Wildman–Crippen LogP) is 5.98. The fourth-order valence-electron chi connectivity index (χ4n) is 11.0. The number of rotatable bonds is 1. The van der Waals surface area contributed by atoms with Crippen molar-refractivity contribution < 1.29 is 14.4 Å². The Balaban J connectivity index is 1.52. The number of hydrogen-bond acceptors (Lipinski definition) is 4. The van der Waals surface area contributed by atoms with E-state index in [1.807, 2.05) is 26.0 Å². The summed E-state index contributed by atoms with van der Waals surface area (Å²) < 4.78 is 0. The van der Waals surface area contributed by atoms with Crippen molar-refractivity contribution in [3.8, 4) is 6.07 Å². The lowest BCUT2D eigenvalue weighted by Crippen LogP contribution is -2.70. The molecule has 1 heterocycles. The van der Waals surface area contributed by atoms with E-state index in [0.717, 1.165) is 57.1 Å². The van der Waals surface area contributed by atoms with E-state index in [2.05, 4.69) is 50.9 Å². The van der Waals surface area contributed by atoms with Crippen molar-refractivity contribution in [2.75, 3.05) is 13.1 Å². The van der Waals surface area contributed by atoms with Gasteiger partial charge in [-0.25, -0.2) is 4.79 Å². The molecule has 0 aromatic carbocycles. The highest BCUT2D eigenvalue weighted by atomic mass is 16.2. The van der Waals surface area contributed by atoms with Gasteiger partial charge >= 0.3 is 6.03 Å². The molecule has 1 aliphatic heterocycles. The van der Waals surface area contributed by atoms with Gasteiger partial charge in [0.2, 0.25) is 0 Å². The maximum Gasteiger partial charge on any atom is 0.317 e. The monoisotopic (exact) mass is 531 g/mol. The molecule has 7 atom stereocenters. The first-order valence-corrected chi connectivity index (χ1v) is 15.1. The Morgan fingerprint density at radius 2 is 1.67 bits per heavy atom. The molecule has 2 unspecified atom stereocenters. The molecule has 1 saturated heterocycles. The van der Waals surface area contributed by atoms with Crippen LogP contribution in [0.15, 0.2) is 23.3 Å². The highest BCUT2D eigenvalue weighted by Gasteiger charge is 2.71. The number of nitrogens with zero attached hydrogens (tertiary/aromatic N) is 2. The highest BCUT2D eigenvalue weighted by molar-refractivity contribution is 6.04. The van der Waals surface area contributed by atoms with Crippen LogP contribution in [0.3, 0.4) is 0 Å². The number of carbonyl (C=O) groups excluding carboxylic acids is 3. The van der Waals surface area contributed by atoms with Crippen LogP contribution in [0.2, 0.25) is 0 Å². The van der Waals surface area contributed by atoms with E-state index in [0.29, 0.717) is 6.54 Å². The van der Waals surface area contributed by atoms with Gasteiger partial charge in [0.1, 0.15) is 6.07 Å². The van der Waals surface area contributed by atoms with E-state index >= 15 is 0 Å². The lowest BCUT2D eigenvalue weighted by Gasteiger charge is -2.70. The number of fused-ring (bicyclic) bond motifs is 7. The van der Waals surface area contributed by atoms with E-state index < -0.39 is 10.8 Å². The van der Waals surface area contributed by atoms with Crippen molar-refractivity contribution in [3.63, 3.8) is 0 Å². The number of ketones is 2. The fourth-order valence-corrected chi connectivity index (χ4v) is 11.0. The standard InChI is InChI=1S/C33H45N3O3/c1-28(2)10-12-33(36-15-14-35-27(36)39)13-11-32(7)25(21(33)18-28)22(37)16-24-30(5)17-20(19-34)26(38)29(3,4)23(30)8-9-31(24,32)6/h16-17,21,23,25H,8-15,18H2,1-7H3,(H,35,39)/t21?,23?,25-,30-,31+,32+,33-/m0/s1. The van der Waals surface area contributed by atoms with Crippen LogP contribution < -0.4 is 5.32 Å². The third kappa shape index (κ3) is 3.17. The smallest absolute Gasteiger partial charge is 0.317 e. The van der Waals surface area contributed by atoms with Crippen LogP contribution in [-0.2, 0) is 9.59 Å². The normalized spacial score (nSPS) is 46.1. The minimum Gasteiger partial charge on any atom is -0.336 e.